The summed E-state index contributed by atoms with van der Waals surface area (Å²) in [6.07, 6.45) is 1.77. The van der Waals surface area contributed by atoms with E-state index in [4.69, 9.17) is 0 Å². The Hall–Kier alpha value is -3.28. The molecule has 5 rings (SSSR count). The summed E-state index contributed by atoms with van der Waals surface area (Å²) in [7, 11) is 0. The fourth-order valence-corrected chi connectivity index (χ4v) is 3.01. The van der Waals surface area contributed by atoms with Crippen molar-refractivity contribution in [3.05, 3.63) is 54.5 Å². The van der Waals surface area contributed by atoms with E-state index in [-0.39, 0.29) is 5.82 Å². The molecule has 0 aliphatic heterocycles. The number of H-pyrrole nitrogens is 2. The molecular formula is C17H10FN5. The minimum atomic E-state index is -0.261. The van der Waals surface area contributed by atoms with Gasteiger partial charge in [0.1, 0.15) is 11.3 Å². The van der Waals surface area contributed by atoms with Gasteiger partial charge < -0.3 is 4.98 Å². The monoisotopic (exact) mass is 303 g/mol. The number of aromatic amines is 2. The molecule has 0 saturated carbocycles. The van der Waals surface area contributed by atoms with E-state index in [1.54, 1.807) is 12.3 Å². The number of fused-ring (bicyclic) bond motifs is 4. The van der Waals surface area contributed by atoms with Gasteiger partial charge in [0.05, 0.1) is 16.7 Å². The van der Waals surface area contributed by atoms with Crippen LogP contribution in [0.25, 0.3) is 44.1 Å². The zero-order chi connectivity index (χ0) is 15.4. The number of benzene rings is 2. The minimum absolute atomic E-state index is 0.261. The van der Waals surface area contributed by atoms with Crippen LogP contribution >= 0.6 is 0 Å². The fourth-order valence-electron chi connectivity index (χ4n) is 3.01. The molecule has 110 valence electrons. The van der Waals surface area contributed by atoms with Crippen molar-refractivity contribution in [2.75, 3.05) is 0 Å². The zero-order valence-corrected chi connectivity index (χ0v) is 11.8. The number of nitrogens with zero attached hydrogens (tertiary/aromatic N) is 3. The van der Waals surface area contributed by atoms with E-state index in [1.807, 2.05) is 24.3 Å². The molecule has 0 bridgehead atoms. The van der Waals surface area contributed by atoms with Gasteiger partial charge in [-0.2, -0.15) is 0 Å². The molecule has 0 spiro atoms. The molecule has 0 fully saturated rings. The van der Waals surface area contributed by atoms with Gasteiger partial charge in [0, 0.05) is 28.0 Å². The predicted octanol–water partition coefficient (Wildman–Crippen LogP) is 3.79. The summed E-state index contributed by atoms with van der Waals surface area (Å²) >= 11 is 0. The quantitative estimate of drug-likeness (QED) is 0.495. The highest BCUT2D eigenvalue weighted by Crippen LogP contribution is 2.32. The predicted molar refractivity (Wildman–Crippen MR) is 86.4 cm³/mol. The molecule has 2 N–H and O–H groups in total. The lowest BCUT2D eigenvalue weighted by atomic mass is 10.1. The second-order valence-corrected chi connectivity index (χ2v) is 5.44. The topological polar surface area (TPSA) is 70.2 Å². The second-order valence-electron chi connectivity index (χ2n) is 5.44. The van der Waals surface area contributed by atoms with Gasteiger partial charge in [-0.15, -0.1) is 5.10 Å². The first-order valence-corrected chi connectivity index (χ1v) is 7.17. The number of nitrogens with one attached hydrogen (secondary N) is 2. The Kier molecular flexibility index (Phi) is 2.33. The van der Waals surface area contributed by atoms with E-state index >= 15 is 0 Å². The Labute approximate surface area is 129 Å². The van der Waals surface area contributed by atoms with E-state index in [2.05, 4.69) is 25.4 Å². The van der Waals surface area contributed by atoms with Crippen molar-refractivity contribution in [2.45, 2.75) is 0 Å². The maximum Gasteiger partial charge on any atom is 0.125 e. The molecule has 0 aliphatic carbocycles. The summed E-state index contributed by atoms with van der Waals surface area (Å²) in [5.74, 6) is -0.261. The largest absolute Gasteiger partial charge is 0.353 e. The summed E-state index contributed by atoms with van der Waals surface area (Å²) in [6, 6.07) is 12.5. The van der Waals surface area contributed by atoms with E-state index in [9.17, 15) is 4.39 Å². The molecule has 3 aromatic heterocycles. The van der Waals surface area contributed by atoms with Crippen LogP contribution in [-0.2, 0) is 0 Å². The molecule has 23 heavy (non-hydrogen) atoms. The molecule has 3 heterocycles. The van der Waals surface area contributed by atoms with Gasteiger partial charge in [0.2, 0.25) is 0 Å². The smallest absolute Gasteiger partial charge is 0.125 e. The summed E-state index contributed by atoms with van der Waals surface area (Å²) in [5, 5.41) is 12.6. The van der Waals surface area contributed by atoms with Crippen LogP contribution in [0.3, 0.4) is 0 Å². The van der Waals surface area contributed by atoms with Crippen molar-refractivity contribution in [1.29, 1.82) is 0 Å². The van der Waals surface area contributed by atoms with Crippen molar-refractivity contribution in [1.82, 2.24) is 25.4 Å². The van der Waals surface area contributed by atoms with Gasteiger partial charge in [-0.25, -0.2) is 4.39 Å². The lowest BCUT2D eigenvalue weighted by Gasteiger charge is -2.02. The molecule has 6 heteroatoms. The summed E-state index contributed by atoms with van der Waals surface area (Å²) in [4.78, 5) is 7.79. The summed E-state index contributed by atoms with van der Waals surface area (Å²) in [6.45, 7) is 0. The van der Waals surface area contributed by atoms with Crippen LogP contribution in [0.1, 0.15) is 0 Å². The number of hydrogen-bond acceptors (Lipinski definition) is 3. The Bertz CT molecular complexity index is 1190. The third-order valence-electron chi connectivity index (χ3n) is 4.08. The standard InChI is InChI=1S/C17H10FN5/c18-10-2-3-11-12-5-6-19-16(17(12)20-14(11)8-10)9-1-4-13-15(7-9)22-23-21-13/h1-8,20H,(H,21,22,23). The van der Waals surface area contributed by atoms with Crippen molar-refractivity contribution in [3.63, 3.8) is 0 Å². The highest BCUT2D eigenvalue weighted by molar-refractivity contribution is 6.11. The highest BCUT2D eigenvalue weighted by atomic mass is 19.1. The number of hydrogen-bond donors (Lipinski definition) is 2. The lowest BCUT2D eigenvalue weighted by molar-refractivity contribution is 0.629. The first-order valence-electron chi connectivity index (χ1n) is 7.17. The number of rotatable bonds is 1. The van der Waals surface area contributed by atoms with Gasteiger partial charge >= 0.3 is 0 Å². The zero-order valence-electron chi connectivity index (χ0n) is 11.8. The number of pyridine rings is 1. The minimum Gasteiger partial charge on any atom is -0.353 e. The van der Waals surface area contributed by atoms with Crippen LogP contribution in [0.4, 0.5) is 4.39 Å². The first kappa shape index (κ1) is 12.3. The molecule has 0 aliphatic rings. The van der Waals surface area contributed by atoms with Crippen LogP contribution in [0.15, 0.2) is 48.7 Å². The average Bonchev–Trinajstić information content (AvgIpc) is 3.17. The van der Waals surface area contributed by atoms with Crippen LogP contribution in [0.2, 0.25) is 0 Å². The third-order valence-corrected chi connectivity index (χ3v) is 4.08. The molecule has 0 radical (unpaired) electrons. The average molecular weight is 303 g/mol. The van der Waals surface area contributed by atoms with E-state index in [0.29, 0.717) is 0 Å². The lowest BCUT2D eigenvalue weighted by Crippen LogP contribution is -1.85. The van der Waals surface area contributed by atoms with E-state index < -0.39 is 0 Å². The maximum absolute atomic E-state index is 13.5. The molecule has 0 saturated heterocycles. The molecule has 0 amide bonds. The van der Waals surface area contributed by atoms with Crippen molar-refractivity contribution < 1.29 is 4.39 Å². The second kappa shape index (κ2) is 4.36. The SMILES string of the molecule is Fc1ccc2c(c1)[nH]c1c(-c3ccc4nn[nH]c4c3)nccc12. The molecule has 5 nitrogen and oxygen atoms in total. The van der Waals surface area contributed by atoms with Gasteiger partial charge in [0.25, 0.3) is 0 Å². The fraction of sp³-hybridized carbons (Fsp3) is 0. The number of aromatic nitrogens is 5. The van der Waals surface area contributed by atoms with Gasteiger partial charge in [-0.3, -0.25) is 10.1 Å². The first-order chi connectivity index (χ1) is 11.3. The van der Waals surface area contributed by atoms with Gasteiger partial charge in [-0.1, -0.05) is 11.3 Å². The Morgan fingerprint density at radius 1 is 0.913 bits per heavy atom. The molecular weight excluding hydrogens is 293 g/mol. The molecule has 0 unspecified atom stereocenters. The normalized spacial score (nSPS) is 11.7. The Balaban J connectivity index is 1.85. The van der Waals surface area contributed by atoms with Crippen LogP contribution < -0.4 is 0 Å². The Morgan fingerprint density at radius 2 is 1.87 bits per heavy atom. The summed E-state index contributed by atoms with van der Waals surface area (Å²) in [5.41, 5.74) is 5.07. The maximum atomic E-state index is 13.5. The highest BCUT2D eigenvalue weighted by Gasteiger charge is 2.12. The van der Waals surface area contributed by atoms with Crippen molar-refractivity contribution in [2.24, 2.45) is 0 Å². The third kappa shape index (κ3) is 1.75. The van der Waals surface area contributed by atoms with Gasteiger partial charge in [-0.05, 0) is 36.4 Å². The van der Waals surface area contributed by atoms with Gasteiger partial charge in [0.15, 0.2) is 0 Å². The van der Waals surface area contributed by atoms with Crippen molar-refractivity contribution >= 4 is 32.8 Å². The van der Waals surface area contributed by atoms with E-state index in [0.717, 1.165) is 44.1 Å². The van der Waals surface area contributed by atoms with Crippen LogP contribution in [0.5, 0.6) is 0 Å². The molecule has 5 aromatic rings. The van der Waals surface area contributed by atoms with Crippen LogP contribution in [-0.4, -0.2) is 25.4 Å². The Morgan fingerprint density at radius 3 is 2.83 bits per heavy atom. The number of halogens is 1. The van der Waals surface area contributed by atoms with Crippen molar-refractivity contribution in [3.8, 4) is 11.3 Å². The van der Waals surface area contributed by atoms with Crippen LogP contribution in [0, 0.1) is 5.82 Å². The molecule has 2 aromatic carbocycles. The summed E-state index contributed by atoms with van der Waals surface area (Å²) < 4.78 is 13.5. The van der Waals surface area contributed by atoms with E-state index in [1.165, 1.54) is 12.1 Å². The molecule has 0 atom stereocenters.